The molecule has 2 rings (SSSR count). The molecule has 1 atom stereocenters. The predicted molar refractivity (Wildman–Crippen MR) is 79.5 cm³/mol. The summed E-state index contributed by atoms with van der Waals surface area (Å²) in [5.74, 6) is -1.37. The van der Waals surface area contributed by atoms with E-state index in [0.29, 0.717) is 22.7 Å². The Balaban J connectivity index is 1.94. The molecule has 1 aliphatic carbocycles. The SMILES string of the molecule is CCCC(NC(=O)c1ccc(NC(=O)C2CC2)s1)C(=O)O. The van der Waals surface area contributed by atoms with E-state index in [2.05, 4.69) is 10.6 Å². The van der Waals surface area contributed by atoms with Gasteiger partial charge in [-0.05, 0) is 31.4 Å². The molecule has 1 heterocycles. The van der Waals surface area contributed by atoms with Gasteiger partial charge in [-0.3, -0.25) is 9.59 Å². The zero-order valence-corrected chi connectivity index (χ0v) is 12.5. The molecule has 1 fully saturated rings. The maximum absolute atomic E-state index is 12.0. The lowest BCUT2D eigenvalue weighted by molar-refractivity contribution is -0.139. The molecule has 114 valence electrons. The number of carboxylic acid groups (broad SMARTS) is 1. The van der Waals surface area contributed by atoms with Crippen molar-refractivity contribution < 1.29 is 19.5 Å². The number of amides is 2. The number of thiophene rings is 1. The minimum absolute atomic E-state index is 0.0156. The molecule has 21 heavy (non-hydrogen) atoms. The molecule has 0 radical (unpaired) electrons. The Morgan fingerprint density at radius 1 is 1.38 bits per heavy atom. The first-order chi connectivity index (χ1) is 10.0. The predicted octanol–water partition coefficient (Wildman–Crippen LogP) is 2.08. The average Bonchev–Trinajstić information content (AvgIpc) is 3.18. The molecule has 7 heteroatoms. The highest BCUT2D eigenvalue weighted by atomic mass is 32.1. The summed E-state index contributed by atoms with van der Waals surface area (Å²) in [6.45, 7) is 1.86. The Bertz CT molecular complexity index is 551. The standard InChI is InChI=1S/C14H18N2O4S/c1-2-3-9(14(19)20)15-13(18)10-6-7-11(21-10)16-12(17)8-4-5-8/h6-9H,2-5H2,1H3,(H,15,18)(H,16,17)(H,19,20). The van der Waals surface area contributed by atoms with E-state index in [1.54, 1.807) is 12.1 Å². The zero-order valence-electron chi connectivity index (χ0n) is 11.7. The monoisotopic (exact) mass is 310 g/mol. The molecular formula is C14H18N2O4S. The van der Waals surface area contributed by atoms with E-state index in [9.17, 15) is 14.4 Å². The van der Waals surface area contributed by atoms with Gasteiger partial charge in [0, 0.05) is 5.92 Å². The number of hydrogen-bond acceptors (Lipinski definition) is 4. The molecule has 1 aromatic heterocycles. The number of carboxylic acids is 1. The van der Waals surface area contributed by atoms with Crippen LogP contribution in [0.25, 0.3) is 0 Å². The van der Waals surface area contributed by atoms with E-state index >= 15 is 0 Å². The summed E-state index contributed by atoms with van der Waals surface area (Å²) in [7, 11) is 0. The molecule has 6 nitrogen and oxygen atoms in total. The van der Waals surface area contributed by atoms with E-state index in [1.165, 1.54) is 0 Å². The Morgan fingerprint density at radius 2 is 2.10 bits per heavy atom. The van der Waals surface area contributed by atoms with Crippen LogP contribution in [0.3, 0.4) is 0 Å². The van der Waals surface area contributed by atoms with Crippen molar-refractivity contribution in [2.24, 2.45) is 5.92 Å². The smallest absolute Gasteiger partial charge is 0.326 e. The summed E-state index contributed by atoms with van der Waals surface area (Å²) in [5, 5.41) is 14.9. The number of rotatable bonds is 7. The third kappa shape index (κ3) is 4.29. The molecule has 1 saturated carbocycles. The highest BCUT2D eigenvalue weighted by molar-refractivity contribution is 7.18. The third-order valence-electron chi connectivity index (χ3n) is 3.21. The fraction of sp³-hybridized carbons (Fsp3) is 0.500. The molecule has 2 amide bonds. The molecule has 0 bridgehead atoms. The fourth-order valence-corrected chi connectivity index (χ4v) is 2.68. The Morgan fingerprint density at radius 3 is 2.67 bits per heavy atom. The number of hydrogen-bond donors (Lipinski definition) is 3. The van der Waals surface area contributed by atoms with Crippen LogP contribution in [-0.4, -0.2) is 28.9 Å². The maximum atomic E-state index is 12.0. The minimum atomic E-state index is -1.04. The van der Waals surface area contributed by atoms with Gasteiger partial charge in [0.1, 0.15) is 6.04 Å². The van der Waals surface area contributed by atoms with E-state index in [1.807, 2.05) is 6.92 Å². The second kappa shape index (κ2) is 6.71. The summed E-state index contributed by atoms with van der Waals surface area (Å²) in [5.41, 5.74) is 0. The normalized spacial score (nSPS) is 15.3. The van der Waals surface area contributed by atoms with Crippen molar-refractivity contribution in [3.8, 4) is 0 Å². The van der Waals surface area contributed by atoms with Crippen LogP contribution in [-0.2, 0) is 9.59 Å². The van der Waals surface area contributed by atoms with Crippen molar-refractivity contribution >= 4 is 34.1 Å². The first kappa shape index (κ1) is 15.5. The maximum Gasteiger partial charge on any atom is 0.326 e. The van der Waals surface area contributed by atoms with Crippen LogP contribution < -0.4 is 10.6 Å². The van der Waals surface area contributed by atoms with Crippen LogP contribution in [0.15, 0.2) is 12.1 Å². The van der Waals surface area contributed by atoms with Gasteiger partial charge in [-0.2, -0.15) is 0 Å². The lowest BCUT2D eigenvalue weighted by Crippen LogP contribution is -2.40. The summed E-state index contributed by atoms with van der Waals surface area (Å²) in [4.78, 5) is 35.0. The van der Waals surface area contributed by atoms with Crippen LogP contribution in [0.4, 0.5) is 5.00 Å². The van der Waals surface area contributed by atoms with Gasteiger partial charge in [0.2, 0.25) is 5.91 Å². The molecule has 1 unspecified atom stereocenters. The Kier molecular flexibility index (Phi) is 4.95. The first-order valence-electron chi connectivity index (χ1n) is 6.95. The molecule has 0 aliphatic heterocycles. The van der Waals surface area contributed by atoms with Crippen molar-refractivity contribution in [1.29, 1.82) is 0 Å². The number of anilines is 1. The van der Waals surface area contributed by atoms with Crippen molar-refractivity contribution in [3.05, 3.63) is 17.0 Å². The van der Waals surface area contributed by atoms with Crippen molar-refractivity contribution in [1.82, 2.24) is 5.32 Å². The van der Waals surface area contributed by atoms with Gasteiger partial charge in [0.05, 0.1) is 9.88 Å². The number of nitrogens with one attached hydrogen (secondary N) is 2. The molecule has 3 N–H and O–H groups in total. The molecule has 1 aliphatic rings. The van der Waals surface area contributed by atoms with Crippen molar-refractivity contribution in [3.63, 3.8) is 0 Å². The van der Waals surface area contributed by atoms with Crippen LogP contribution >= 0.6 is 11.3 Å². The summed E-state index contributed by atoms with van der Waals surface area (Å²) in [6.07, 6.45) is 2.89. The minimum Gasteiger partial charge on any atom is -0.480 e. The van der Waals surface area contributed by atoms with E-state index in [4.69, 9.17) is 5.11 Å². The van der Waals surface area contributed by atoms with Crippen molar-refractivity contribution in [2.75, 3.05) is 5.32 Å². The number of aliphatic carboxylic acids is 1. The molecule has 1 aromatic rings. The third-order valence-corrected chi connectivity index (χ3v) is 4.20. The molecule has 0 saturated heterocycles. The lowest BCUT2D eigenvalue weighted by Gasteiger charge is -2.12. The quantitative estimate of drug-likeness (QED) is 0.718. The summed E-state index contributed by atoms with van der Waals surface area (Å²) in [6, 6.07) is 2.37. The van der Waals surface area contributed by atoms with E-state index in [-0.39, 0.29) is 11.8 Å². The summed E-state index contributed by atoms with van der Waals surface area (Å²) < 4.78 is 0. The van der Waals surface area contributed by atoms with Crippen LogP contribution in [0.2, 0.25) is 0 Å². The molecule has 0 spiro atoms. The van der Waals surface area contributed by atoms with Crippen molar-refractivity contribution in [2.45, 2.75) is 38.6 Å². The van der Waals surface area contributed by atoms with Gasteiger partial charge in [-0.25, -0.2) is 4.79 Å². The highest BCUT2D eigenvalue weighted by Gasteiger charge is 2.30. The second-order valence-electron chi connectivity index (χ2n) is 5.08. The Labute approximate surface area is 126 Å². The topological polar surface area (TPSA) is 95.5 Å². The van der Waals surface area contributed by atoms with Gasteiger partial charge < -0.3 is 15.7 Å². The van der Waals surface area contributed by atoms with Gasteiger partial charge in [-0.15, -0.1) is 11.3 Å². The van der Waals surface area contributed by atoms with Crippen LogP contribution in [0, 0.1) is 5.92 Å². The van der Waals surface area contributed by atoms with Gasteiger partial charge in [-0.1, -0.05) is 13.3 Å². The van der Waals surface area contributed by atoms with Gasteiger partial charge in [0.15, 0.2) is 0 Å². The second-order valence-corrected chi connectivity index (χ2v) is 6.16. The van der Waals surface area contributed by atoms with Gasteiger partial charge in [0.25, 0.3) is 5.91 Å². The van der Waals surface area contributed by atoms with Crippen LogP contribution in [0.1, 0.15) is 42.3 Å². The molecule has 0 aromatic carbocycles. The first-order valence-corrected chi connectivity index (χ1v) is 7.77. The van der Waals surface area contributed by atoms with Crippen LogP contribution in [0.5, 0.6) is 0 Å². The van der Waals surface area contributed by atoms with E-state index < -0.39 is 17.9 Å². The lowest BCUT2D eigenvalue weighted by atomic mass is 10.1. The average molecular weight is 310 g/mol. The zero-order chi connectivity index (χ0) is 15.4. The largest absolute Gasteiger partial charge is 0.480 e. The Hall–Kier alpha value is -1.89. The fourth-order valence-electron chi connectivity index (χ4n) is 1.87. The van der Waals surface area contributed by atoms with Gasteiger partial charge >= 0.3 is 5.97 Å². The highest BCUT2D eigenvalue weighted by Crippen LogP contribution is 2.31. The summed E-state index contributed by atoms with van der Waals surface area (Å²) >= 11 is 1.15. The number of carbonyl (C=O) groups excluding carboxylic acids is 2. The molecular weight excluding hydrogens is 292 g/mol. The van der Waals surface area contributed by atoms with E-state index in [0.717, 1.165) is 24.2 Å². The number of carbonyl (C=O) groups is 3.